The fourth-order valence-corrected chi connectivity index (χ4v) is 1.82. The van der Waals surface area contributed by atoms with Crippen LogP contribution in [0.15, 0.2) is 0 Å². The summed E-state index contributed by atoms with van der Waals surface area (Å²) < 4.78 is 37.4. The molecule has 0 aromatic heterocycles. The molecule has 1 saturated carbocycles. The molecule has 1 rings (SSSR count). The van der Waals surface area contributed by atoms with Gasteiger partial charge in [0.25, 0.3) is 0 Å². The Balaban J connectivity index is 2.59. The number of ketones is 1. The smallest absolute Gasteiger partial charge is 0.346 e. The number of amides is 1. The van der Waals surface area contributed by atoms with E-state index in [0.717, 1.165) is 0 Å². The molecule has 0 spiro atoms. The quantitative estimate of drug-likeness (QED) is 0.791. The Hall–Kier alpha value is -1.07. The van der Waals surface area contributed by atoms with Gasteiger partial charge in [-0.05, 0) is 12.8 Å². The lowest BCUT2D eigenvalue weighted by molar-refractivity contribution is -0.185. The average molecular weight is 265 g/mol. The molecule has 0 aromatic carbocycles. The Morgan fingerprint density at radius 2 is 1.78 bits per heavy atom. The van der Waals surface area contributed by atoms with E-state index in [2.05, 4.69) is 5.32 Å². The van der Waals surface area contributed by atoms with Gasteiger partial charge in [-0.1, -0.05) is 20.8 Å². The maximum atomic E-state index is 12.5. The molecule has 6 heteroatoms. The van der Waals surface area contributed by atoms with Crippen molar-refractivity contribution in [1.29, 1.82) is 0 Å². The van der Waals surface area contributed by atoms with E-state index in [1.54, 1.807) is 20.8 Å². The molecule has 1 fully saturated rings. The molecule has 1 aliphatic rings. The van der Waals surface area contributed by atoms with Crippen LogP contribution in [0, 0.1) is 11.3 Å². The summed E-state index contributed by atoms with van der Waals surface area (Å²) in [6, 6.07) is -0.768. The highest BCUT2D eigenvalue weighted by atomic mass is 19.4. The number of nitrogens with one attached hydrogen (secondary N) is 1. The van der Waals surface area contributed by atoms with E-state index in [1.807, 2.05) is 0 Å². The van der Waals surface area contributed by atoms with Crippen molar-refractivity contribution in [3.8, 4) is 0 Å². The van der Waals surface area contributed by atoms with E-state index < -0.39 is 35.8 Å². The summed E-state index contributed by atoms with van der Waals surface area (Å²) in [5.41, 5.74) is -0.652. The van der Waals surface area contributed by atoms with Gasteiger partial charge < -0.3 is 5.32 Å². The van der Waals surface area contributed by atoms with E-state index in [9.17, 15) is 22.8 Å². The van der Waals surface area contributed by atoms with Crippen LogP contribution in [0.2, 0.25) is 0 Å². The number of halogens is 3. The number of hydrogen-bond acceptors (Lipinski definition) is 2. The van der Waals surface area contributed by atoms with E-state index in [0.29, 0.717) is 0 Å². The Morgan fingerprint density at radius 1 is 1.22 bits per heavy atom. The van der Waals surface area contributed by atoms with Gasteiger partial charge >= 0.3 is 6.18 Å². The lowest BCUT2D eigenvalue weighted by Crippen LogP contribution is -2.49. The van der Waals surface area contributed by atoms with Crippen molar-refractivity contribution in [2.24, 2.45) is 11.3 Å². The first kappa shape index (κ1) is 15.0. The highest BCUT2D eigenvalue weighted by molar-refractivity contribution is 5.91. The van der Waals surface area contributed by atoms with Gasteiger partial charge in [-0.3, -0.25) is 9.59 Å². The molecule has 3 nitrogen and oxygen atoms in total. The molecule has 2 unspecified atom stereocenters. The molecule has 1 aliphatic carbocycles. The van der Waals surface area contributed by atoms with Crippen molar-refractivity contribution in [3.05, 3.63) is 0 Å². The van der Waals surface area contributed by atoms with Crippen LogP contribution < -0.4 is 5.32 Å². The molecule has 18 heavy (non-hydrogen) atoms. The molecule has 2 atom stereocenters. The van der Waals surface area contributed by atoms with Crippen molar-refractivity contribution in [2.45, 2.75) is 52.3 Å². The molecule has 0 radical (unpaired) electrons. The minimum atomic E-state index is -4.32. The monoisotopic (exact) mass is 265 g/mol. The minimum Gasteiger partial charge on any atom is -0.346 e. The first-order chi connectivity index (χ1) is 8.01. The van der Waals surface area contributed by atoms with Crippen LogP contribution in [-0.2, 0) is 9.59 Å². The SMILES string of the molecule is CC(C)(C)C(=O)NC1CCC(C(F)(F)F)CC1=O. The summed E-state index contributed by atoms with van der Waals surface area (Å²) in [7, 11) is 0. The van der Waals surface area contributed by atoms with Crippen molar-refractivity contribution < 1.29 is 22.8 Å². The molecule has 0 bridgehead atoms. The van der Waals surface area contributed by atoms with E-state index in [4.69, 9.17) is 0 Å². The highest BCUT2D eigenvalue weighted by Crippen LogP contribution is 2.36. The number of carbonyl (C=O) groups is 2. The normalized spacial score (nSPS) is 26.0. The van der Waals surface area contributed by atoms with Gasteiger partial charge in [0.05, 0.1) is 12.0 Å². The number of alkyl halides is 3. The third-order valence-electron chi connectivity index (χ3n) is 3.09. The van der Waals surface area contributed by atoms with Gasteiger partial charge in [0.1, 0.15) is 0 Å². The minimum absolute atomic E-state index is 0.0603. The van der Waals surface area contributed by atoms with Crippen LogP contribution in [0.4, 0.5) is 13.2 Å². The Labute approximate surface area is 104 Å². The van der Waals surface area contributed by atoms with E-state index in [1.165, 1.54) is 0 Å². The van der Waals surface area contributed by atoms with Gasteiger partial charge in [0.15, 0.2) is 5.78 Å². The number of carbonyl (C=O) groups excluding carboxylic acids is 2. The fraction of sp³-hybridized carbons (Fsp3) is 0.833. The van der Waals surface area contributed by atoms with Crippen molar-refractivity contribution in [1.82, 2.24) is 5.32 Å². The second kappa shape index (κ2) is 4.90. The third kappa shape index (κ3) is 3.71. The van der Waals surface area contributed by atoms with Gasteiger partial charge in [-0.15, -0.1) is 0 Å². The number of rotatable bonds is 1. The summed E-state index contributed by atoms with van der Waals surface area (Å²) in [6.07, 6.45) is -4.90. The second-order valence-electron chi connectivity index (χ2n) is 5.76. The maximum absolute atomic E-state index is 12.5. The third-order valence-corrected chi connectivity index (χ3v) is 3.09. The predicted molar refractivity (Wildman–Crippen MR) is 59.8 cm³/mol. The Kier molecular flexibility index (Phi) is 4.08. The first-order valence-corrected chi connectivity index (χ1v) is 5.92. The maximum Gasteiger partial charge on any atom is 0.392 e. The summed E-state index contributed by atoms with van der Waals surface area (Å²) >= 11 is 0. The Bertz CT molecular complexity index is 344. The molecule has 0 saturated heterocycles. The first-order valence-electron chi connectivity index (χ1n) is 5.92. The van der Waals surface area contributed by atoms with Crippen LogP contribution in [0.1, 0.15) is 40.0 Å². The largest absolute Gasteiger partial charge is 0.392 e. The van der Waals surface area contributed by atoms with Crippen LogP contribution in [0.5, 0.6) is 0 Å². The van der Waals surface area contributed by atoms with Crippen LogP contribution in [0.25, 0.3) is 0 Å². The molecule has 1 amide bonds. The summed E-state index contributed by atoms with van der Waals surface area (Å²) in [5.74, 6) is -2.40. The molecular weight excluding hydrogens is 247 g/mol. The lowest BCUT2D eigenvalue weighted by atomic mass is 9.84. The highest BCUT2D eigenvalue weighted by Gasteiger charge is 2.45. The molecule has 0 aliphatic heterocycles. The van der Waals surface area contributed by atoms with Crippen LogP contribution >= 0.6 is 0 Å². The van der Waals surface area contributed by atoms with E-state index >= 15 is 0 Å². The average Bonchev–Trinajstić information content (AvgIpc) is 2.17. The van der Waals surface area contributed by atoms with Gasteiger partial charge in [0.2, 0.25) is 5.91 Å². The number of hydrogen-bond donors (Lipinski definition) is 1. The molecule has 1 N–H and O–H groups in total. The van der Waals surface area contributed by atoms with Gasteiger partial charge in [-0.2, -0.15) is 13.2 Å². The van der Waals surface area contributed by atoms with Crippen LogP contribution in [0.3, 0.4) is 0 Å². The zero-order chi connectivity index (χ0) is 14.1. The van der Waals surface area contributed by atoms with Crippen molar-refractivity contribution in [3.63, 3.8) is 0 Å². The Morgan fingerprint density at radius 3 is 2.17 bits per heavy atom. The lowest BCUT2D eigenvalue weighted by Gasteiger charge is -2.30. The second-order valence-corrected chi connectivity index (χ2v) is 5.76. The zero-order valence-electron chi connectivity index (χ0n) is 10.7. The summed E-state index contributed by atoms with van der Waals surface area (Å²) in [4.78, 5) is 23.3. The summed E-state index contributed by atoms with van der Waals surface area (Å²) in [6.45, 7) is 5.07. The molecule has 0 aromatic rings. The topological polar surface area (TPSA) is 46.2 Å². The number of Topliss-reactive ketones (excluding diaryl/α,β-unsaturated/α-hetero) is 1. The van der Waals surface area contributed by atoms with Crippen molar-refractivity contribution in [2.75, 3.05) is 0 Å². The van der Waals surface area contributed by atoms with Gasteiger partial charge in [0, 0.05) is 11.8 Å². The molecule has 0 heterocycles. The van der Waals surface area contributed by atoms with E-state index in [-0.39, 0.29) is 18.7 Å². The molecular formula is C12H18F3NO2. The fourth-order valence-electron chi connectivity index (χ4n) is 1.82. The predicted octanol–water partition coefficient (Wildman–Crippen LogP) is 2.45. The zero-order valence-corrected chi connectivity index (χ0v) is 10.7. The van der Waals surface area contributed by atoms with Crippen LogP contribution in [-0.4, -0.2) is 23.9 Å². The summed E-state index contributed by atoms with van der Waals surface area (Å²) in [5, 5.41) is 2.52. The molecule has 104 valence electrons. The standard InChI is InChI=1S/C12H18F3NO2/c1-11(2,3)10(18)16-8-5-4-7(6-9(8)17)12(13,14)15/h7-8H,4-6H2,1-3H3,(H,16,18). The van der Waals surface area contributed by atoms with Crippen molar-refractivity contribution >= 4 is 11.7 Å². The van der Waals surface area contributed by atoms with Gasteiger partial charge in [-0.25, -0.2) is 0 Å².